The average molecular weight is 300 g/mol. The van der Waals surface area contributed by atoms with Gasteiger partial charge in [-0.3, -0.25) is 0 Å². The average Bonchev–Trinajstić information content (AvgIpc) is 2.61. The van der Waals surface area contributed by atoms with Crippen LogP contribution in [0.5, 0.6) is 11.5 Å². The van der Waals surface area contributed by atoms with Gasteiger partial charge >= 0.3 is 0 Å². The first-order valence-electron chi connectivity index (χ1n) is 8.07. The summed E-state index contributed by atoms with van der Waals surface area (Å²) in [5, 5.41) is 0. The maximum Gasteiger partial charge on any atom is 0.119 e. The lowest BCUT2D eigenvalue weighted by molar-refractivity contribution is 0.235. The molecule has 0 fully saturated rings. The minimum Gasteiger partial charge on any atom is -0.497 e. The molecular formula is C20H28O2. The second kappa shape index (κ2) is 11.7. The highest BCUT2D eigenvalue weighted by molar-refractivity contribution is 5.21. The largest absolute Gasteiger partial charge is 0.497 e. The van der Waals surface area contributed by atoms with Gasteiger partial charge in [-0.25, -0.2) is 0 Å². The minimum atomic E-state index is 0.709. The van der Waals surface area contributed by atoms with Crippen LogP contribution in [0.3, 0.4) is 0 Å². The molecule has 0 radical (unpaired) electrons. The molecule has 0 aliphatic heterocycles. The molecule has 0 saturated carbocycles. The number of ether oxygens (including phenoxy) is 2. The smallest absolute Gasteiger partial charge is 0.119 e. The lowest BCUT2D eigenvalue weighted by atomic mass is 10.0. The van der Waals surface area contributed by atoms with E-state index < -0.39 is 0 Å². The lowest BCUT2D eigenvalue weighted by Crippen LogP contribution is -2.10. The molecule has 2 nitrogen and oxygen atoms in total. The maximum absolute atomic E-state index is 5.71. The van der Waals surface area contributed by atoms with Crippen LogP contribution in [0.15, 0.2) is 60.7 Å². The fraction of sp³-hybridized carbons (Fsp3) is 0.400. The molecule has 120 valence electrons. The van der Waals surface area contributed by atoms with Gasteiger partial charge in [0.25, 0.3) is 0 Å². The fourth-order valence-corrected chi connectivity index (χ4v) is 2.10. The van der Waals surface area contributed by atoms with E-state index in [9.17, 15) is 0 Å². The molecule has 0 bridgehead atoms. The van der Waals surface area contributed by atoms with E-state index in [1.54, 1.807) is 7.11 Å². The quantitative estimate of drug-likeness (QED) is 0.664. The molecule has 2 heteroatoms. The Hall–Kier alpha value is -1.96. The van der Waals surface area contributed by atoms with Crippen LogP contribution in [0, 0.1) is 5.92 Å². The molecule has 0 saturated heterocycles. The number of hydrogen-bond donors (Lipinski definition) is 0. The summed E-state index contributed by atoms with van der Waals surface area (Å²) in [5.41, 5.74) is 0. The highest BCUT2D eigenvalue weighted by atomic mass is 16.5. The van der Waals surface area contributed by atoms with Crippen LogP contribution in [0.2, 0.25) is 0 Å². The molecule has 2 rings (SSSR count). The number of methoxy groups -OCH3 is 1. The summed E-state index contributed by atoms with van der Waals surface area (Å²) in [7, 11) is 1.66. The van der Waals surface area contributed by atoms with E-state index in [-0.39, 0.29) is 0 Å². The van der Waals surface area contributed by atoms with Gasteiger partial charge in [-0.2, -0.15) is 0 Å². The van der Waals surface area contributed by atoms with Gasteiger partial charge in [0.1, 0.15) is 11.5 Å². The third-order valence-corrected chi connectivity index (χ3v) is 3.48. The number of benzene rings is 2. The van der Waals surface area contributed by atoms with Crippen LogP contribution < -0.4 is 9.47 Å². The number of rotatable bonds is 7. The molecule has 0 N–H and O–H groups in total. The van der Waals surface area contributed by atoms with Crippen molar-refractivity contribution in [1.82, 2.24) is 0 Å². The van der Waals surface area contributed by atoms with Gasteiger partial charge in [-0.05, 0) is 36.6 Å². The molecule has 0 spiro atoms. The van der Waals surface area contributed by atoms with E-state index >= 15 is 0 Å². The molecule has 0 amide bonds. The summed E-state index contributed by atoms with van der Waals surface area (Å²) in [6.45, 7) is 5.31. The van der Waals surface area contributed by atoms with Crippen LogP contribution in [0.4, 0.5) is 0 Å². The van der Waals surface area contributed by atoms with Gasteiger partial charge in [0, 0.05) is 0 Å². The summed E-state index contributed by atoms with van der Waals surface area (Å²) in [6.07, 6.45) is 3.72. The highest BCUT2D eigenvalue weighted by Crippen LogP contribution is 2.14. The number of hydrogen-bond acceptors (Lipinski definition) is 2. The topological polar surface area (TPSA) is 18.5 Å². The first-order chi connectivity index (χ1) is 10.8. The first kappa shape index (κ1) is 18.1. The normalized spacial score (nSPS) is 11.0. The van der Waals surface area contributed by atoms with Crippen LogP contribution >= 0.6 is 0 Å². The van der Waals surface area contributed by atoms with E-state index in [1.165, 1.54) is 19.3 Å². The van der Waals surface area contributed by atoms with E-state index in [0.717, 1.165) is 18.1 Å². The molecule has 2 aromatic carbocycles. The summed E-state index contributed by atoms with van der Waals surface area (Å²) in [4.78, 5) is 0. The SMILES string of the molecule is CCCC(CC)COc1ccccc1.COc1ccccc1. The Morgan fingerprint density at radius 1 is 0.818 bits per heavy atom. The molecule has 0 aliphatic carbocycles. The Kier molecular flexibility index (Phi) is 9.60. The van der Waals surface area contributed by atoms with Crippen LogP contribution in [0.1, 0.15) is 33.1 Å². The zero-order valence-corrected chi connectivity index (χ0v) is 14.0. The monoisotopic (exact) mass is 300 g/mol. The third-order valence-electron chi connectivity index (χ3n) is 3.48. The second-order valence-corrected chi connectivity index (χ2v) is 5.20. The van der Waals surface area contributed by atoms with Crippen molar-refractivity contribution < 1.29 is 9.47 Å². The van der Waals surface area contributed by atoms with Gasteiger partial charge < -0.3 is 9.47 Å². The van der Waals surface area contributed by atoms with Crippen LogP contribution in [-0.4, -0.2) is 13.7 Å². The summed E-state index contributed by atoms with van der Waals surface area (Å²) >= 11 is 0. The van der Waals surface area contributed by atoms with Gasteiger partial charge in [0.15, 0.2) is 0 Å². The molecule has 0 heterocycles. The Morgan fingerprint density at radius 2 is 1.36 bits per heavy atom. The van der Waals surface area contributed by atoms with Crippen molar-refractivity contribution in [1.29, 1.82) is 0 Å². The first-order valence-corrected chi connectivity index (χ1v) is 8.07. The Labute approximate surface area is 135 Å². The van der Waals surface area contributed by atoms with Crippen molar-refractivity contribution in [3.05, 3.63) is 60.7 Å². The van der Waals surface area contributed by atoms with Crippen molar-refractivity contribution in [2.45, 2.75) is 33.1 Å². The van der Waals surface area contributed by atoms with Crippen molar-refractivity contribution in [3.8, 4) is 11.5 Å². The fourth-order valence-electron chi connectivity index (χ4n) is 2.10. The van der Waals surface area contributed by atoms with Crippen molar-refractivity contribution in [2.24, 2.45) is 5.92 Å². The molecule has 22 heavy (non-hydrogen) atoms. The van der Waals surface area contributed by atoms with Crippen molar-refractivity contribution in [2.75, 3.05) is 13.7 Å². The Bertz CT molecular complexity index is 468. The predicted octanol–water partition coefficient (Wildman–Crippen LogP) is 5.59. The van der Waals surface area contributed by atoms with Crippen LogP contribution in [-0.2, 0) is 0 Å². The maximum atomic E-state index is 5.71. The lowest BCUT2D eigenvalue weighted by Gasteiger charge is -2.14. The van der Waals surface area contributed by atoms with Gasteiger partial charge in [0.05, 0.1) is 13.7 Å². The molecular weight excluding hydrogens is 272 g/mol. The van der Waals surface area contributed by atoms with E-state index in [0.29, 0.717) is 5.92 Å². The standard InChI is InChI=1S/C13H20O.C7H8O/c1-3-8-12(4-2)11-14-13-9-6-5-7-10-13;1-8-7-5-3-2-4-6-7/h5-7,9-10,12H,3-4,8,11H2,1-2H3;2-6H,1H3. The molecule has 1 atom stereocenters. The molecule has 0 aliphatic rings. The summed E-state index contributed by atoms with van der Waals surface area (Å²) in [6, 6.07) is 19.7. The second-order valence-electron chi connectivity index (χ2n) is 5.20. The van der Waals surface area contributed by atoms with Crippen molar-refractivity contribution >= 4 is 0 Å². The van der Waals surface area contributed by atoms with Crippen LogP contribution in [0.25, 0.3) is 0 Å². The van der Waals surface area contributed by atoms with E-state index in [4.69, 9.17) is 9.47 Å². The zero-order valence-electron chi connectivity index (χ0n) is 14.0. The zero-order chi connectivity index (χ0) is 16.0. The van der Waals surface area contributed by atoms with Crippen molar-refractivity contribution in [3.63, 3.8) is 0 Å². The van der Waals surface area contributed by atoms with Gasteiger partial charge in [-0.15, -0.1) is 0 Å². The summed E-state index contributed by atoms with van der Waals surface area (Å²) in [5.74, 6) is 2.61. The van der Waals surface area contributed by atoms with E-state index in [1.807, 2.05) is 60.7 Å². The molecule has 1 unspecified atom stereocenters. The summed E-state index contributed by atoms with van der Waals surface area (Å²) < 4.78 is 10.6. The van der Waals surface area contributed by atoms with Gasteiger partial charge in [-0.1, -0.05) is 63.1 Å². The molecule has 0 aromatic heterocycles. The number of para-hydroxylation sites is 2. The third kappa shape index (κ3) is 7.72. The predicted molar refractivity (Wildman–Crippen MR) is 93.6 cm³/mol. The van der Waals surface area contributed by atoms with Gasteiger partial charge in [0.2, 0.25) is 0 Å². The minimum absolute atomic E-state index is 0.709. The van der Waals surface area contributed by atoms with E-state index in [2.05, 4.69) is 13.8 Å². The highest BCUT2D eigenvalue weighted by Gasteiger charge is 2.05. The Morgan fingerprint density at radius 3 is 1.77 bits per heavy atom. The molecule has 2 aromatic rings. The Balaban J connectivity index is 0.000000255.